The number of thioether (sulfide) groups is 1. The van der Waals surface area contributed by atoms with Gasteiger partial charge in [0.05, 0.1) is 11.1 Å². The molecule has 1 aliphatic rings. The summed E-state index contributed by atoms with van der Waals surface area (Å²) in [5.74, 6) is -0.850. The maximum atomic E-state index is 13.0. The SMILES string of the molecule is CCc1c(C#N)c(SC(C(N)=O)c2ccccc2)nc(N2CCC(NC(=O)[C@H](OC(N)=O)C(O)C(C)(C)C)CC2)c1C#N. The van der Waals surface area contributed by atoms with Gasteiger partial charge in [0, 0.05) is 19.1 Å². The predicted molar refractivity (Wildman–Crippen MR) is 161 cm³/mol. The van der Waals surface area contributed by atoms with Crippen molar-refractivity contribution in [2.45, 2.75) is 75.5 Å². The first-order valence-electron chi connectivity index (χ1n) is 13.9. The lowest BCUT2D eigenvalue weighted by Gasteiger charge is -2.36. The number of carbonyl (C=O) groups excluding carboxylic acids is 3. The Kier molecular flexibility index (Phi) is 11.0. The van der Waals surface area contributed by atoms with Crippen molar-refractivity contribution in [1.29, 1.82) is 10.5 Å². The van der Waals surface area contributed by atoms with Crippen molar-refractivity contribution in [2.24, 2.45) is 16.9 Å². The van der Waals surface area contributed by atoms with Crippen LogP contribution in [0.3, 0.4) is 0 Å². The van der Waals surface area contributed by atoms with Crippen LogP contribution in [0, 0.1) is 28.1 Å². The van der Waals surface area contributed by atoms with E-state index in [-0.39, 0.29) is 17.2 Å². The van der Waals surface area contributed by atoms with Crippen LogP contribution in [0.4, 0.5) is 10.6 Å². The zero-order valence-electron chi connectivity index (χ0n) is 24.7. The van der Waals surface area contributed by atoms with Gasteiger partial charge in [-0.25, -0.2) is 9.78 Å². The summed E-state index contributed by atoms with van der Waals surface area (Å²) < 4.78 is 4.96. The number of aliphatic hydroxyl groups is 1. The molecule has 43 heavy (non-hydrogen) atoms. The van der Waals surface area contributed by atoms with Crippen molar-refractivity contribution in [2.75, 3.05) is 18.0 Å². The number of pyridine rings is 1. The number of nitrogens with one attached hydrogen (secondary N) is 1. The molecule has 12 nitrogen and oxygen atoms in total. The molecule has 2 heterocycles. The Labute approximate surface area is 255 Å². The quantitative estimate of drug-likeness (QED) is 0.290. The molecule has 0 saturated carbocycles. The normalized spacial score (nSPS) is 15.8. The van der Waals surface area contributed by atoms with Crippen molar-refractivity contribution in [1.82, 2.24) is 10.3 Å². The number of ether oxygens (including phenoxy) is 1. The summed E-state index contributed by atoms with van der Waals surface area (Å²) in [7, 11) is 0. The Morgan fingerprint density at radius 3 is 2.23 bits per heavy atom. The van der Waals surface area contributed by atoms with Gasteiger partial charge < -0.3 is 31.5 Å². The first-order valence-corrected chi connectivity index (χ1v) is 14.8. The minimum atomic E-state index is -1.48. The molecule has 6 N–H and O–H groups in total. The molecule has 0 spiro atoms. The molecule has 2 unspecified atom stereocenters. The number of hydrogen-bond donors (Lipinski definition) is 4. The number of piperidine rings is 1. The Morgan fingerprint density at radius 2 is 1.74 bits per heavy atom. The number of rotatable bonds is 10. The number of primary amides is 2. The number of nitrogens with two attached hydrogens (primary N) is 2. The van der Waals surface area contributed by atoms with Gasteiger partial charge in [0.1, 0.15) is 34.3 Å². The molecule has 13 heteroatoms. The lowest BCUT2D eigenvalue weighted by molar-refractivity contribution is -0.141. The van der Waals surface area contributed by atoms with Crippen molar-refractivity contribution >= 4 is 35.5 Å². The third-order valence-corrected chi connectivity index (χ3v) is 8.49. The van der Waals surface area contributed by atoms with Gasteiger partial charge in [0.2, 0.25) is 12.0 Å². The molecule has 3 rings (SSSR count). The molecule has 0 aliphatic carbocycles. The average molecular weight is 608 g/mol. The Balaban J connectivity index is 1.87. The fraction of sp³-hybridized carbons (Fsp3) is 0.467. The monoisotopic (exact) mass is 607 g/mol. The van der Waals surface area contributed by atoms with Crippen LogP contribution in [0.1, 0.15) is 68.0 Å². The second kappa shape index (κ2) is 14.2. The molecule has 0 radical (unpaired) electrons. The number of carbonyl (C=O) groups is 3. The maximum absolute atomic E-state index is 13.0. The molecule has 228 valence electrons. The highest BCUT2D eigenvalue weighted by Gasteiger charge is 2.39. The molecular formula is C30H37N7O5S. The molecule has 1 aromatic carbocycles. The highest BCUT2D eigenvalue weighted by molar-refractivity contribution is 8.00. The molecule has 3 amide bonds. The number of benzene rings is 1. The van der Waals surface area contributed by atoms with Crippen LogP contribution in [-0.4, -0.2) is 59.3 Å². The lowest BCUT2D eigenvalue weighted by atomic mass is 9.85. The molecule has 3 atom stereocenters. The second-order valence-electron chi connectivity index (χ2n) is 11.3. The van der Waals surface area contributed by atoms with Crippen molar-refractivity contribution in [3.8, 4) is 12.1 Å². The van der Waals surface area contributed by atoms with Crippen LogP contribution in [0.15, 0.2) is 35.4 Å². The van der Waals surface area contributed by atoms with E-state index in [2.05, 4.69) is 17.5 Å². The average Bonchev–Trinajstić information content (AvgIpc) is 2.97. The largest absolute Gasteiger partial charge is 0.433 e. The highest BCUT2D eigenvalue weighted by Crippen LogP contribution is 2.40. The van der Waals surface area contributed by atoms with Crippen LogP contribution in [0.25, 0.3) is 0 Å². The molecule has 2 aromatic rings. The Hall–Kier alpha value is -4.33. The third-order valence-electron chi connectivity index (χ3n) is 7.23. The molecule has 0 bridgehead atoms. The van der Waals surface area contributed by atoms with Gasteiger partial charge in [-0.3, -0.25) is 9.59 Å². The second-order valence-corrected chi connectivity index (χ2v) is 12.4. The number of amides is 3. The van der Waals surface area contributed by atoms with Crippen molar-refractivity contribution in [3.05, 3.63) is 52.6 Å². The summed E-state index contributed by atoms with van der Waals surface area (Å²) in [4.78, 5) is 43.5. The van der Waals surface area contributed by atoms with E-state index in [4.69, 9.17) is 21.2 Å². The number of aliphatic hydroxyl groups excluding tert-OH is 1. The zero-order valence-corrected chi connectivity index (χ0v) is 25.5. The zero-order chi connectivity index (χ0) is 31.9. The van der Waals surface area contributed by atoms with E-state index in [1.165, 1.54) is 0 Å². The van der Waals surface area contributed by atoms with Gasteiger partial charge >= 0.3 is 6.09 Å². The van der Waals surface area contributed by atoms with E-state index in [9.17, 15) is 30.0 Å². The highest BCUT2D eigenvalue weighted by atomic mass is 32.2. The molecule has 1 aromatic heterocycles. The minimum Gasteiger partial charge on any atom is -0.433 e. The molecule has 1 fully saturated rings. The van der Waals surface area contributed by atoms with Crippen LogP contribution in [-0.2, 0) is 20.7 Å². The summed E-state index contributed by atoms with van der Waals surface area (Å²) in [5, 5.41) is 33.1. The number of anilines is 1. The predicted octanol–water partition coefficient (Wildman–Crippen LogP) is 2.66. The number of nitriles is 2. The van der Waals surface area contributed by atoms with Crippen LogP contribution in [0.2, 0.25) is 0 Å². The van der Waals surface area contributed by atoms with Gasteiger partial charge in [-0.05, 0) is 35.8 Å². The molecule has 1 aliphatic heterocycles. The van der Waals surface area contributed by atoms with E-state index in [1.807, 2.05) is 17.9 Å². The van der Waals surface area contributed by atoms with Crippen LogP contribution < -0.4 is 21.7 Å². The number of nitrogens with zero attached hydrogens (tertiary/aromatic N) is 4. The van der Waals surface area contributed by atoms with E-state index >= 15 is 0 Å². The Morgan fingerprint density at radius 1 is 1.14 bits per heavy atom. The number of aromatic nitrogens is 1. The van der Waals surface area contributed by atoms with Crippen molar-refractivity contribution in [3.63, 3.8) is 0 Å². The van der Waals surface area contributed by atoms with Gasteiger partial charge in [-0.1, -0.05) is 69.8 Å². The van der Waals surface area contributed by atoms with Crippen LogP contribution >= 0.6 is 11.8 Å². The summed E-state index contributed by atoms with van der Waals surface area (Å²) in [6.07, 6.45) is -2.61. The first-order chi connectivity index (χ1) is 20.3. The summed E-state index contributed by atoms with van der Waals surface area (Å²) in [5.41, 5.74) is 11.9. The standard InChI is InChI=1S/C30H37N7O5S/c1-5-19-20(15-31)26(36-28(21(19)16-32)43-23(25(33)39)17-9-7-6-8-10-17)37-13-11-18(12-14-37)35-27(40)22(42-29(34)41)24(38)30(2,3)4/h6-10,18,22-24,38H,5,11-14H2,1-4H3,(H2,33,39)(H2,34,41)(H,35,40)/t22-,23?,24?/m1/s1. The Bertz CT molecular complexity index is 1420. The van der Waals surface area contributed by atoms with E-state index in [0.29, 0.717) is 54.3 Å². The summed E-state index contributed by atoms with van der Waals surface area (Å²) >= 11 is 1.07. The van der Waals surface area contributed by atoms with E-state index in [0.717, 1.165) is 11.8 Å². The summed E-state index contributed by atoms with van der Waals surface area (Å²) in [6, 6.07) is 13.0. The fourth-order valence-electron chi connectivity index (χ4n) is 4.89. The van der Waals surface area contributed by atoms with Gasteiger partial charge in [-0.15, -0.1) is 0 Å². The van der Waals surface area contributed by atoms with Gasteiger partial charge in [-0.2, -0.15) is 10.5 Å². The third kappa shape index (κ3) is 7.95. The van der Waals surface area contributed by atoms with E-state index in [1.54, 1.807) is 45.0 Å². The lowest BCUT2D eigenvalue weighted by Crippen LogP contribution is -2.54. The smallest absolute Gasteiger partial charge is 0.405 e. The maximum Gasteiger partial charge on any atom is 0.405 e. The summed E-state index contributed by atoms with van der Waals surface area (Å²) in [6.45, 7) is 7.79. The minimum absolute atomic E-state index is 0.232. The first kappa shape index (κ1) is 33.2. The van der Waals surface area contributed by atoms with E-state index < -0.39 is 40.8 Å². The van der Waals surface area contributed by atoms with Gasteiger partial charge in [0.25, 0.3) is 5.91 Å². The van der Waals surface area contributed by atoms with Crippen molar-refractivity contribution < 1.29 is 24.2 Å². The van der Waals surface area contributed by atoms with Crippen LogP contribution in [0.5, 0.6) is 0 Å². The molecular weight excluding hydrogens is 570 g/mol. The number of hydrogen-bond acceptors (Lipinski definition) is 10. The topological polar surface area (TPSA) is 208 Å². The molecule has 1 saturated heterocycles. The van der Waals surface area contributed by atoms with Gasteiger partial charge in [0.15, 0.2) is 0 Å². The fourth-order valence-corrected chi connectivity index (χ4v) is 5.95.